The number of aliphatic hydroxyl groups is 2. The topological polar surface area (TPSA) is 40.5 Å². The molecule has 0 heterocycles. The summed E-state index contributed by atoms with van der Waals surface area (Å²) >= 11 is 0. The standard InChI is InChI=1S/C10H18O.C8H10O/c1-9(2)5-4-6-10(3)7-8-11;9-7-6-8-4-2-1-3-5-8/h5,7,11H,4,6,8H2,1-3H3;1-5,9H,6-7H2/b10-7+;. The maximum atomic E-state index is 8.55. The monoisotopic (exact) mass is 276 g/mol. The summed E-state index contributed by atoms with van der Waals surface area (Å²) in [4.78, 5) is 0. The van der Waals surface area contributed by atoms with E-state index in [2.05, 4.69) is 26.8 Å². The van der Waals surface area contributed by atoms with E-state index in [-0.39, 0.29) is 13.2 Å². The molecule has 0 atom stereocenters. The van der Waals surface area contributed by atoms with E-state index in [0.717, 1.165) is 19.3 Å². The zero-order valence-electron chi connectivity index (χ0n) is 13.0. The Bertz CT molecular complexity index is 387. The molecule has 2 N–H and O–H groups in total. The van der Waals surface area contributed by atoms with Gasteiger partial charge in [0.05, 0.1) is 6.61 Å². The van der Waals surface area contributed by atoms with Crippen LogP contribution in [0.3, 0.4) is 0 Å². The highest BCUT2D eigenvalue weighted by molar-refractivity contribution is 5.14. The van der Waals surface area contributed by atoms with Gasteiger partial charge < -0.3 is 10.2 Å². The highest BCUT2D eigenvalue weighted by atomic mass is 16.3. The maximum Gasteiger partial charge on any atom is 0.0614 e. The van der Waals surface area contributed by atoms with E-state index in [1.807, 2.05) is 36.4 Å². The minimum atomic E-state index is 0.167. The zero-order valence-corrected chi connectivity index (χ0v) is 13.0. The average Bonchev–Trinajstić information content (AvgIpc) is 2.41. The van der Waals surface area contributed by atoms with Gasteiger partial charge in [0, 0.05) is 6.61 Å². The number of benzene rings is 1. The summed E-state index contributed by atoms with van der Waals surface area (Å²) in [7, 11) is 0. The van der Waals surface area contributed by atoms with Gasteiger partial charge in [-0.15, -0.1) is 0 Å². The molecule has 0 bridgehead atoms. The molecule has 0 saturated heterocycles. The summed E-state index contributed by atoms with van der Waals surface area (Å²) in [5.41, 5.74) is 3.83. The van der Waals surface area contributed by atoms with Crippen molar-refractivity contribution in [3.05, 3.63) is 59.2 Å². The molecule has 0 spiro atoms. The molecular formula is C18H28O2. The third-order valence-electron chi connectivity index (χ3n) is 2.77. The fourth-order valence-electron chi connectivity index (χ4n) is 1.62. The Morgan fingerprint density at radius 3 is 2.15 bits per heavy atom. The van der Waals surface area contributed by atoms with Crippen LogP contribution in [0.4, 0.5) is 0 Å². The highest BCUT2D eigenvalue weighted by Gasteiger charge is 1.87. The van der Waals surface area contributed by atoms with Crippen LogP contribution in [0.2, 0.25) is 0 Å². The van der Waals surface area contributed by atoms with Crippen LogP contribution < -0.4 is 0 Å². The number of rotatable bonds is 6. The van der Waals surface area contributed by atoms with Gasteiger partial charge in [-0.1, -0.05) is 53.6 Å². The van der Waals surface area contributed by atoms with Gasteiger partial charge in [-0.3, -0.25) is 0 Å². The molecule has 0 fully saturated rings. The first-order valence-electron chi connectivity index (χ1n) is 7.14. The van der Waals surface area contributed by atoms with E-state index in [1.165, 1.54) is 16.7 Å². The van der Waals surface area contributed by atoms with Crippen LogP contribution in [-0.4, -0.2) is 23.4 Å². The molecule has 2 heteroatoms. The number of aliphatic hydroxyl groups excluding tert-OH is 2. The molecule has 0 aromatic heterocycles. The van der Waals surface area contributed by atoms with E-state index >= 15 is 0 Å². The van der Waals surface area contributed by atoms with Crippen molar-refractivity contribution in [3.63, 3.8) is 0 Å². The van der Waals surface area contributed by atoms with Gasteiger partial charge in [-0.05, 0) is 45.6 Å². The van der Waals surface area contributed by atoms with E-state index in [0.29, 0.717) is 0 Å². The molecule has 1 rings (SSSR count). The normalized spacial score (nSPS) is 10.6. The molecule has 1 aromatic carbocycles. The Morgan fingerprint density at radius 2 is 1.65 bits per heavy atom. The van der Waals surface area contributed by atoms with Gasteiger partial charge in [0.1, 0.15) is 0 Å². The van der Waals surface area contributed by atoms with Crippen LogP contribution in [0.25, 0.3) is 0 Å². The highest BCUT2D eigenvalue weighted by Crippen LogP contribution is 2.05. The summed E-state index contributed by atoms with van der Waals surface area (Å²) in [6, 6.07) is 9.95. The fourth-order valence-corrected chi connectivity index (χ4v) is 1.62. The first kappa shape index (κ1) is 18.6. The fraction of sp³-hybridized carbons (Fsp3) is 0.444. The molecule has 0 aliphatic heterocycles. The van der Waals surface area contributed by atoms with Crippen LogP contribution in [-0.2, 0) is 6.42 Å². The molecule has 0 unspecified atom stereocenters. The molecule has 0 aliphatic carbocycles. The van der Waals surface area contributed by atoms with Crippen molar-refractivity contribution >= 4 is 0 Å². The quantitative estimate of drug-likeness (QED) is 0.774. The molecule has 2 nitrogen and oxygen atoms in total. The van der Waals surface area contributed by atoms with Crippen molar-refractivity contribution in [1.82, 2.24) is 0 Å². The Labute approximate surface area is 123 Å². The molecule has 20 heavy (non-hydrogen) atoms. The maximum absolute atomic E-state index is 8.55. The van der Waals surface area contributed by atoms with Crippen molar-refractivity contribution in [2.75, 3.05) is 13.2 Å². The van der Waals surface area contributed by atoms with E-state index < -0.39 is 0 Å². The van der Waals surface area contributed by atoms with Crippen LogP contribution in [0.1, 0.15) is 39.2 Å². The van der Waals surface area contributed by atoms with Crippen molar-refractivity contribution < 1.29 is 10.2 Å². The second-order valence-electron chi connectivity index (χ2n) is 5.01. The van der Waals surface area contributed by atoms with Gasteiger partial charge >= 0.3 is 0 Å². The Hall–Kier alpha value is -1.38. The van der Waals surface area contributed by atoms with Gasteiger partial charge in [-0.2, -0.15) is 0 Å². The molecule has 112 valence electrons. The molecule has 1 aromatic rings. The van der Waals surface area contributed by atoms with Gasteiger partial charge in [0.2, 0.25) is 0 Å². The van der Waals surface area contributed by atoms with Crippen LogP contribution in [0.15, 0.2) is 53.6 Å². The van der Waals surface area contributed by atoms with E-state index in [1.54, 1.807) is 0 Å². The van der Waals surface area contributed by atoms with Crippen molar-refractivity contribution in [2.45, 2.75) is 40.0 Å². The summed E-state index contributed by atoms with van der Waals surface area (Å²) in [6.45, 7) is 6.66. The predicted molar refractivity (Wildman–Crippen MR) is 86.7 cm³/mol. The zero-order chi connectivity index (χ0) is 15.2. The number of hydrogen-bond donors (Lipinski definition) is 2. The van der Waals surface area contributed by atoms with E-state index in [9.17, 15) is 0 Å². The summed E-state index contributed by atoms with van der Waals surface area (Å²) < 4.78 is 0. The molecular weight excluding hydrogens is 248 g/mol. The lowest BCUT2D eigenvalue weighted by atomic mass is 10.1. The molecule has 0 amide bonds. The SMILES string of the molecule is CC(C)=CCC/C(C)=C/CO.OCCc1ccccc1. The minimum Gasteiger partial charge on any atom is -0.396 e. The minimum absolute atomic E-state index is 0.167. The Kier molecular flexibility index (Phi) is 11.8. The lowest BCUT2D eigenvalue weighted by Crippen LogP contribution is -1.88. The Balaban J connectivity index is 0.000000367. The van der Waals surface area contributed by atoms with Crippen LogP contribution in [0, 0.1) is 0 Å². The third-order valence-corrected chi connectivity index (χ3v) is 2.77. The van der Waals surface area contributed by atoms with E-state index in [4.69, 9.17) is 10.2 Å². The smallest absolute Gasteiger partial charge is 0.0614 e. The molecule has 0 radical (unpaired) electrons. The second kappa shape index (κ2) is 12.6. The number of allylic oxidation sites excluding steroid dienone is 3. The van der Waals surface area contributed by atoms with Gasteiger partial charge in [0.15, 0.2) is 0 Å². The summed E-state index contributed by atoms with van der Waals surface area (Å²) in [6.07, 6.45) is 6.99. The van der Waals surface area contributed by atoms with Crippen LogP contribution >= 0.6 is 0 Å². The first-order chi connectivity index (χ1) is 9.60. The molecule has 0 aliphatic rings. The van der Waals surface area contributed by atoms with Crippen molar-refractivity contribution in [1.29, 1.82) is 0 Å². The Morgan fingerprint density at radius 1 is 1.00 bits per heavy atom. The second-order valence-corrected chi connectivity index (χ2v) is 5.01. The largest absolute Gasteiger partial charge is 0.396 e. The summed E-state index contributed by atoms with van der Waals surface area (Å²) in [5, 5.41) is 17.1. The molecule has 0 saturated carbocycles. The van der Waals surface area contributed by atoms with Crippen molar-refractivity contribution in [2.24, 2.45) is 0 Å². The lowest BCUT2D eigenvalue weighted by molar-refractivity contribution is 0.299. The predicted octanol–water partition coefficient (Wildman–Crippen LogP) is 3.89. The van der Waals surface area contributed by atoms with Crippen LogP contribution in [0.5, 0.6) is 0 Å². The summed E-state index contributed by atoms with van der Waals surface area (Å²) in [5.74, 6) is 0. The van der Waals surface area contributed by atoms with Gasteiger partial charge in [0.25, 0.3) is 0 Å². The lowest BCUT2D eigenvalue weighted by Gasteiger charge is -1.96. The average molecular weight is 276 g/mol. The van der Waals surface area contributed by atoms with Gasteiger partial charge in [-0.25, -0.2) is 0 Å². The first-order valence-corrected chi connectivity index (χ1v) is 7.14. The third kappa shape index (κ3) is 11.7. The van der Waals surface area contributed by atoms with Crippen molar-refractivity contribution in [3.8, 4) is 0 Å². The number of hydrogen-bond acceptors (Lipinski definition) is 2.